The number of halogens is 1. The SMILES string of the molecule is COCCCN(CC(=O)N(Cc1cccn1Cc1ccc(Br)cc1)C1CCCCC1)C(=O)COC. The molecule has 0 atom stereocenters. The van der Waals surface area contributed by atoms with Crippen LogP contribution in [0.4, 0.5) is 0 Å². The van der Waals surface area contributed by atoms with Gasteiger partial charge in [0.1, 0.15) is 6.61 Å². The Hall–Kier alpha value is -2.16. The van der Waals surface area contributed by atoms with Crippen molar-refractivity contribution >= 4 is 27.7 Å². The molecular formula is C27H38BrN3O4. The standard InChI is InChI=1S/C27H38BrN3O4/c1-34-17-7-16-30(27(33)21-35-2)20-26(32)31(24-8-4-3-5-9-24)19-25-10-6-15-29(25)18-22-11-13-23(28)14-12-22/h6,10-15,24H,3-5,7-9,16-21H2,1-2H3. The van der Waals surface area contributed by atoms with E-state index in [1.807, 2.05) is 23.1 Å². The van der Waals surface area contributed by atoms with Gasteiger partial charge >= 0.3 is 0 Å². The number of carbonyl (C=O) groups is 2. The summed E-state index contributed by atoms with van der Waals surface area (Å²) in [7, 11) is 3.14. The van der Waals surface area contributed by atoms with Gasteiger partial charge in [-0.15, -0.1) is 0 Å². The molecule has 2 amide bonds. The van der Waals surface area contributed by atoms with Crippen molar-refractivity contribution in [2.75, 3.05) is 40.5 Å². The van der Waals surface area contributed by atoms with Crippen LogP contribution in [-0.2, 0) is 32.2 Å². The Balaban J connectivity index is 1.76. The van der Waals surface area contributed by atoms with Gasteiger partial charge in [0, 0.05) is 56.3 Å². The lowest BCUT2D eigenvalue weighted by Gasteiger charge is -2.36. The molecule has 0 N–H and O–H groups in total. The van der Waals surface area contributed by atoms with Gasteiger partial charge in [-0.25, -0.2) is 0 Å². The number of rotatable bonds is 13. The molecule has 35 heavy (non-hydrogen) atoms. The molecule has 0 radical (unpaired) electrons. The van der Waals surface area contributed by atoms with E-state index in [9.17, 15) is 9.59 Å². The third-order valence-electron chi connectivity index (χ3n) is 6.58. The fourth-order valence-corrected chi connectivity index (χ4v) is 4.95. The summed E-state index contributed by atoms with van der Waals surface area (Å²) in [6.45, 7) is 2.34. The maximum absolute atomic E-state index is 13.7. The molecule has 0 bridgehead atoms. The van der Waals surface area contributed by atoms with Gasteiger partial charge in [0.25, 0.3) is 0 Å². The second-order valence-corrected chi connectivity index (χ2v) is 10.1. The maximum Gasteiger partial charge on any atom is 0.249 e. The molecule has 1 saturated carbocycles. The number of aromatic nitrogens is 1. The van der Waals surface area contributed by atoms with Crippen molar-refractivity contribution in [1.29, 1.82) is 0 Å². The Morgan fingerprint density at radius 2 is 1.77 bits per heavy atom. The number of benzene rings is 1. The van der Waals surface area contributed by atoms with E-state index < -0.39 is 0 Å². The normalized spacial score (nSPS) is 14.1. The monoisotopic (exact) mass is 547 g/mol. The first-order chi connectivity index (χ1) is 17.0. The minimum atomic E-state index is -0.167. The van der Waals surface area contributed by atoms with Gasteiger partial charge in [0.2, 0.25) is 11.8 Å². The average molecular weight is 549 g/mol. The zero-order valence-electron chi connectivity index (χ0n) is 21.0. The molecule has 192 valence electrons. The number of methoxy groups -OCH3 is 2. The van der Waals surface area contributed by atoms with Crippen molar-refractivity contribution in [2.24, 2.45) is 0 Å². The summed E-state index contributed by atoms with van der Waals surface area (Å²) < 4.78 is 13.5. The first-order valence-electron chi connectivity index (χ1n) is 12.5. The summed E-state index contributed by atoms with van der Waals surface area (Å²) in [5.41, 5.74) is 2.30. The van der Waals surface area contributed by atoms with E-state index in [4.69, 9.17) is 9.47 Å². The molecule has 1 aromatic heterocycles. The van der Waals surface area contributed by atoms with E-state index in [0.717, 1.165) is 42.4 Å². The Bertz CT molecular complexity index is 925. The molecule has 0 saturated heterocycles. The van der Waals surface area contributed by atoms with Crippen molar-refractivity contribution in [3.63, 3.8) is 0 Å². The van der Waals surface area contributed by atoms with Gasteiger partial charge in [-0.2, -0.15) is 0 Å². The highest BCUT2D eigenvalue weighted by Crippen LogP contribution is 2.25. The van der Waals surface area contributed by atoms with Crippen molar-refractivity contribution < 1.29 is 19.1 Å². The third kappa shape index (κ3) is 8.47. The molecular weight excluding hydrogens is 510 g/mol. The maximum atomic E-state index is 13.7. The zero-order chi connectivity index (χ0) is 25.0. The molecule has 1 heterocycles. The summed E-state index contributed by atoms with van der Waals surface area (Å²) >= 11 is 3.50. The number of ether oxygens (including phenoxy) is 2. The molecule has 0 unspecified atom stereocenters. The van der Waals surface area contributed by atoms with Crippen LogP contribution in [0, 0.1) is 0 Å². The van der Waals surface area contributed by atoms with Crippen LogP contribution in [0.3, 0.4) is 0 Å². The van der Waals surface area contributed by atoms with Crippen molar-refractivity contribution in [3.05, 3.63) is 58.3 Å². The van der Waals surface area contributed by atoms with Crippen LogP contribution in [0.1, 0.15) is 49.8 Å². The summed E-state index contributed by atoms with van der Waals surface area (Å²) in [5, 5.41) is 0. The highest BCUT2D eigenvalue weighted by molar-refractivity contribution is 9.10. The quantitative estimate of drug-likeness (QED) is 0.347. The van der Waals surface area contributed by atoms with Crippen LogP contribution in [0.2, 0.25) is 0 Å². The molecule has 8 heteroatoms. The first kappa shape index (κ1) is 27.4. The summed E-state index contributed by atoms with van der Waals surface area (Å²) in [6.07, 6.45) is 8.25. The molecule has 7 nitrogen and oxygen atoms in total. The predicted octanol–water partition coefficient (Wildman–Crippen LogP) is 4.47. The lowest BCUT2D eigenvalue weighted by Crippen LogP contribution is -2.48. The minimum Gasteiger partial charge on any atom is -0.385 e. The smallest absolute Gasteiger partial charge is 0.249 e. The Labute approximate surface area is 217 Å². The van der Waals surface area contributed by atoms with Crippen molar-refractivity contribution in [2.45, 2.75) is 57.7 Å². The minimum absolute atomic E-state index is 0.00448. The van der Waals surface area contributed by atoms with Gasteiger partial charge in [-0.3, -0.25) is 9.59 Å². The van der Waals surface area contributed by atoms with Crippen LogP contribution < -0.4 is 0 Å². The number of hydrogen-bond acceptors (Lipinski definition) is 4. The highest BCUT2D eigenvalue weighted by atomic mass is 79.9. The topological polar surface area (TPSA) is 64.0 Å². The second kappa shape index (κ2) is 14.4. The molecule has 2 aromatic rings. The zero-order valence-corrected chi connectivity index (χ0v) is 22.5. The molecule has 1 aromatic carbocycles. The van der Waals surface area contributed by atoms with E-state index in [2.05, 4.69) is 44.9 Å². The Morgan fingerprint density at radius 1 is 1.03 bits per heavy atom. The fourth-order valence-electron chi connectivity index (χ4n) is 4.68. The lowest BCUT2D eigenvalue weighted by molar-refractivity contribution is -0.144. The van der Waals surface area contributed by atoms with Gasteiger partial charge < -0.3 is 23.8 Å². The van der Waals surface area contributed by atoms with Crippen LogP contribution >= 0.6 is 15.9 Å². The number of nitrogens with zero attached hydrogens (tertiary/aromatic N) is 3. The lowest BCUT2D eigenvalue weighted by atomic mass is 9.94. The molecule has 1 fully saturated rings. The van der Waals surface area contributed by atoms with Gasteiger partial charge in [-0.05, 0) is 49.1 Å². The molecule has 0 aliphatic heterocycles. The van der Waals surface area contributed by atoms with E-state index >= 15 is 0 Å². The molecule has 0 spiro atoms. The van der Waals surface area contributed by atoms with Crippen LogP contribution in [-0.4, -0.2) is 72.7 Å². The van der Waals surface area contributed by atoms with E-state index in [1.54, 1.807) is 12.0 Å². The Morgan fingerprint density at radius 3 is 2.46 bits per heavy atom. The number of hydrogen-bond donors (Lipinski definition) is 0. The Kier molecular flexibility index (Phi) is 11.3. The largest absolute Gasteiger partial charge is 0.385 e. The van der Waals surface area contributed by atoms with Gasteiger partial charge in [0.15, 0.2) is 0 Å². The van der Waals surface area contributed by atoms with E-state index in [-0.39, 0.29) is 31.0 Å². The average Bonchev–Trinajstić information content (AvgIpc) is 3.30. The summed E-state index contributed by atoms with van der Waals surface area (Å²) in [6, 6.07) is 12.6. The summed E-state index contributed by atoms with van der Waals surface area (Å²) in [4.78, 5) is 29.9. The van der Waals surface area contributed by atoms with Crippen molar-refractivity contribution in [3.8, 4) is 0 Å². The van der Waals surface area contributed by atoms with Crippen molar-refractivity contribution in [1.82, 2.24) is 14.4 Å². The van der Waals surface area contributed by atoms with Gasteiger partial charge in [-0.1, -0.05) is 47.3 Å². The first-order valence-corrected chi connectivity index (χ1v) is 13.2. The fraction of sp³-hybridized carbons (Fsp3) is 0.556. The van der Waals surface area contributed by atoms with E-state index in [0.29, 0.717) is 26.1 Å². The molecule has 1 aliphatic carbocycles. The van der Waals surface area contributed by atoms with Crippen LogP contribution in [0.25, 0.3) is 0 Å². The third-order valence-corrected chi connectivity index (χ3v) is 7.11. The number of carbonyl (C=O) groups excluding carboxylic acids is 2. The van der Waals surface area contributed by atoms with Crippen LogP contribution in [0.15, 0.2) is 47.1 Å². The van der Waals surface area contributed by atoms with Crippen LogP contribution in [0.5, 0.6) is 0 Å². The van der Waals surface area contributed by atoms with E-state index in [1.165, 1.54) is 19.1 Å². The predicted molar refractivity (Wildman–Crippen MR) is 140 cm³/mol. The number of amides is 2. The second-order valence-electron chi connectivity index (χ2n) is 9.16. The highest BCUT2D eigenvalue weighted by Gasteiger charge is 2.28. The molecule has 3 rings (SSSR count). The van der Waals surface area contributed by atoms with Gasteiger partial charge in [0.05, 0.1) is 13.1 Å². The molecule has 1 aliphatic rings. The summed E-state index contributed by atoms with van der Waals surface area (Å²) in [5.74, 6) is -0.172.